The second kappa shape index (κ2) is 5.79. The van der Waals surface area contributed by atoms with Crippen LogP contribution in [-0.2, 0) is 21.3 Å². The second-order valence-corrected chi connectivity index (χ2v) is 7.19. The molecule has 1 rings (SSSR count). The maximum Gasteiger partial charge on any atom is 0.321 e. The predicted octanol–water partition coefficient (Wildman–Crippen LogP) is 2.47. The van der Waals surface area contributed by atoms with Gasteiger partial charge in [-0.15, -0.1) is 0 Å². The Morgan fingerprint density at radius 3 is 2.53 bits per heavy atom. The van der Waals surface area contributed by atoms with Crippen LogP contribution < -0.4 is 0 Å². The molecule has 1 aromatic rings. The fourth-order valence-electron chi connectivity index (χ4n) is 1.19. The lowest BCUT2D eigenvalue weighted by atomic mass is 10.2. The third-order valence-electron chi connectivity index (χ3n) is 2.62. The van der Waals surface area contributed by atoms with Gasteiger partial charge >= 0.3 is 5.97 Å². The van der Waals surface area contributed by atoms with Crippen LogP contribution >= 0.6 is 15.9 Å². The smallest absolute Gasteiger partial charge is 0.321 e. The Labute approximate surface area is 120 Å². The molecular formula is C11H12BrNO5S. The number of nitro benzene ring substituents is 1. The molecule has 1 unspecified atom stereocenters. The van der Waals surface area contributed by atoms with E-state index in [0.717, 1.165) is 0 Å². The van der Waals surface area contributed by atoms with Gasteiger partial charge in [-0.3, -0.25) is 19.1 Å². The highest BCUT2D eigenvalue weighted by Gasteiger charge is 2.34. The minimum atomic E-state index is -1.64. The van der Waals surface area contributed by atoms with Gasteiger partial charge in [0.2, 0.25) is 0 Å². The average molecular weight is 350 g/mol. The van der Waals surface area contributed by atoms with Gasteiger partial charge in [-0.05, 0) is 19.4 Å². The molecule has 8 heteroatoms. The van der Waals surface area contributed by atoms with Crippen molar-refractivity contribution in [2.24, 2.45) is 0 Å². The monoisotopic (exact) mass is 349 g/mol. The molecule has 0 aliphatic heterocycles. The first-order valence-electron chi connectivity index (χ1n) is 5.21. The molecule has 0 bridgehead atoms. The van der Waals surface area contributed by atoms with Crippen LogP contribution in [-0.4, -0.2) is 25.0 Å². The summed E-state index contributed by atoms with van der Waals surface area (Å²) in [6, 6.07) is 4.07. The van der Waals surface area contributed by atoms with E-state index in [1.807, 2.05) is 0 Å². The van der Waals surface area contributed by atoms with E-state index >= 15 is 0 Å². The minimum absolute atomic E-state index is 0.0118. The number of carbonyl (C=O) groups is 1. The second-order valence-electron chi connectivity index (χ2n) is 4.34. The van der Waals surface area contributed by atoms with Gasteiger partial charge in [-0.25, -0.2) is 0 Å². The van der Waals surface area contributed by atoms with Crippen molar-refractivity contribution in [2.45, 2.75) is 24.3 Å². The molecule has 0 spiro atoms. The van der Waals surface area contributed by atoms with Crippen molar-refractivity contribution >= 4 is 38.4 Å². The van der Waals surface area contributed by atoms with Gasteiger partial charge in [-0.2, -0.15) is 0 Å². The number of aliphatic carboxylic acids is 1. The Bertz CT molecular complexity index is 558. The van der Waals surface area contributed by atoms with Crippen LogP contribution in [0, 0.1) is 10.1 Å². The summed E-state index contributed by atoms with van der Waals surface area (Å²) in [6.45, 7) is 2.76. The van der Waals surface area contributed by atoms with Crippen LogP contribution in [0.3, 0.4) is 0 Å². The number of rotatable bonds is 5. The Morgan fingerprint density at radius 2 is 2.11 bits per heavy atom. The molecule has 1 N–H and O–H groups in total. The molecule has 0 aliphatic rings. The number of carboxylic acid groups (broad SMARTS) is 1. The lowest BCUT2D eigenvalue weighted by Crippen LogP contribution is -2.37. The van der Waals surface area contributed by atoms with Crippen molar-refractivity contribution in [3.63, 3.8) is 0 Å². The first-order valence-corrected chi connectivity index (χ1v) is 7.32. The van der Waals surface area contributed by atoms with Crippen LogP contribution in [0.4, 0.5) is 5.69 Å². The average Bonchev–Trinajstić information content (AvgIpc) is 2.30. The molecule has 0 amide bonds. The molecular weight excluding hydrogens is 338 g/mol. The van der Waals surface area contributed by atoms with Crippen molar-refractivity contribution in [2.75, 3.05) is 0 Å². The summed E-state index contributed by atoms with van der Waals surface area (Å²) >= 11 is 3.16. The predicted molar refractivity (Wildman–Crippen MR) is 74.4 cm³/mol. The first kappa shape index (κ1) is 15.8. The normalized spacial score (nSPS) is 13.0. The number of hydrogen-bond donors (Lipinski definition) is 1. The van der Waals surface area contributed by atoms with Crippen molar-refractivity contribution in [1.82, 2.24) is 0 Å². The highest BCUT2D eigenvalue weighted by atomic mass is 79.9. The summed E-state index contributed by atoms with van der Waals surface area (Å²) in [5, 5.41) is 19.6. The molecule has 1 aromatic carbocycles. The molecule has 0 saturated heterocycles. The van der Waals surface area contributed by atoms with Gasteiger partial charge in [-0.1, -0.05) is 22.0 Å². The van der Waals surface area contributed by atoms with Gasteiger partial charge in [0.25, 0.3) is 5.69 Å². The minimum Gasteiger partial charge on any atom is -0.480 e. The first-order chi connectivity index (χ1) is 8.66. The lowest BCUT2D eigenvalue weighted by molar-refractivity contribution is -0.384. The summed E-state index contributed by atoms with van der Waals surface area (Å²) in [4.78, 5) is 21.0. The summed E-state index contributed by atoms with van der Waals surface area (Å²) in [6.07, 6.45) is 0. The standard InChI is InChI=1S/C11H12BrNO5S/c1-11(2,10(14)15)19(18)6-7-3-4-8(13(16)17)5-9(7)12/h3-5H,6H2,1-2H3,(H,14,15). The summed E-state index contributed by atoms with van der Waals surface area (Å²) in [5.74, 6) is -1.14. The number of hydrogen-bond acceptors (Lipinski definition) is 4. The maximum absolute atomic E-state index is 12.0. The summed E-state index contributed by atoms with van der Waals surface area (Å²) in [5.41, 5.74) is 0.483. The summed E-state index contributed by atoms with van der Waals surface area (Å²) < 4.78 is 11.1. The molecule has 0 heterocycles. The third kappa shape index (κ3) is 3.60. The highest BCUT2D eigenvalue weighted by Crippen LogP contribution is 2.26. The number of nitrogens with zero attached hydrogens (tertiary/aromatic N) is 1. The van der Waals surface area contributed by atoms with Crippen LogP contribution in [0.2, 0.25) is 0 Å². The largest absolute Gasteiger partial charge is 0.480 e. The molecule has 19 heavy (non-hydrogen) atoms. The number of carboxylic acids is 1. The molecule has 0 aliphatic carbocycles. The molecule has 0 saturated carbocycles. The van der Waals surface area contributed by atoms with E-state index in [9.17, 15) is 19.1 Å². The lowest BCUT2D eigenvalue weighted by Gasteiger charge is -2.18. The highest BCUT2D eigenvalue weighted by molar-refractivity contribution is 9.10. The zero-order valence-corrected chi connectivity index (χ0v) is 12.7. The molecule has 104 valence electrons. The van der Waals surface area contributed by atoms with Crippen molar-refractivity contribution < 1.29 is 19.0 Å². The van der Waals surface area contributed by atoms with E-state index in [0.29, 0.717) is 10.0 Å². The van der Waals surface area contributed by atoms with Crippen LogP contribution in [0.1, 0.15) is 19.4 Å². The Hall–Kier alpha value is -1.28. The maximum atomic E-state index is 12.0. The molecule has 1 atom stereocenters. The molecule has 0 aromatic heterocycles. The van der Waals surface area contributed by atoms with E-state index in [1.165, 1.54) is 32.0 Å². The van der Waals surface area contributed by atoms with Crippen LogP contribution in [0.25, 0.3) is 0 Å². The molecule has 0 fully saturated rings. The number of halogens is 1. The topological polar surface area (TPSA) is 97.5 Å². The van der Waals surface area contributed by atoms with Crippen molar-refractivity contribution in [3.05, 3.63) is 38.3 Å². The van der Waals surface area contributed by atoms with Crippen LogP contribution in [0.15, 0.2) is 22.7 Å². The fourth-order valence-corrected chi connectivity index (χ4v) is 2.97. The van der Waals surface area contributed by atoms with E-state index in [2.05, 4.69) is 15.9 Å². The Morgan fingerprint density at radius 1 is 1.53 bits per heavy atom. The Balaban J connectivity index is 2.98. The van der Waals surface area contributed by atoms with Gasteiger partial charge in [0.15, 0.2) is 0 Å². The van der Waals surface area contributed by atoms with Crippen molar-refractivity contribution in [1.29, 1.82) is 0 Å². The van der Waals surface area contributed by atoms with Gasteiger partial charge in [0, 0.05) is 27.4 Å². The number of non-ortho nitro benzene ring substituents is 1. The van der Waals surface area contributed by atoms with E-state index in [1.54, 1.807) is 0 Å². The zero-order valence-electron chi connectivity index (χ0n) is 10.3. The van der Waals surface area contributed by atoms with Gasteiger partial charge in [0.1, 0.15) is 4.75 Å². The molecule has 6 nitrogen and oxygen atoms in total. The number of nitro groups is 1. The fraction of sp³-hybridized carbons (Fsp3) is 0.364. The quantitative estimate of drug-likeness (QED) is 0.650. The molecule has 0 radical (unpaired) electrons. The van der Waals surface area contributed by atoms with Gasteiger partial charge in [0.05, 0.1) is 10.7 Å². The van der Waals surface area contributed by atoms with Crippen molar-refractivity contribution in [3.8, 4) is 0 Å². The SMILES string of the molecule is CC(C)(C(=O)O)S(=O)Cc1ccc([N+](=O)[O-])cc1Br. The van der Waals surface area contributed by atoms with E-state index < -0.39 is 26.4 Å². The Kier molecular flexibility index (Phi) is 4.81. The van der Waals surface area contributed by atoms with Crippen LogP contribution in [0.5, 0.6) is 0 Å². The third-order valence-corrected chi connectivity index (χ3v) is 5.24. The zero-order chi connectivity index (χ0) is 14.8. The van der Waals surface area contributed by atoms with E-state index in [4.69, 9.17) is 5.11 Å². The van der Waals surface area contributed by atoms with E-state index in [-0.39, 0.29) is 11.4 Å². The summed E-state index contributed by atoms with van der Waals surface area (Å²) in [7, 11) is -1.64. The van der Waals surface area contributed by atoms with Gasteiger partial charge < -0.3 is 5.11 Å². The number of benzene rings is 1.